The van der Waals surface area contributed by atoms with Gasteiger partial charge in [-0.05, 0) is 13.3 Å². The van der Waals surface area contributed by atoms with Crippen molar-refractivity contribution in [2.24, 2.45) is 16.8 Å². The number of alkyl halides is 3. The van der Waals surface area contributed by atoms with Crippen LogP contribution in [-0.4, -0.2) is 65.8 Å². The number of piperazine rings is 1. The maximum atomic E-state index is 12.9. The van der Waals surface area contributed by atoms with Gasteiger partial charge in [0.1, 0.15) is 5.92 Å². The van der Waals surface area contributed by atoms with E-state index in [0.717, 1.165) is 19.5 Å². The number of nitrogens with two attached hydrogens (primary N) is 1. The van der Waals surface area contributed by atoms with Crippen molar-refractivity contribution in [3.05, 3.63) is 0 Å². The molecular weight excluding hydrogens is 273 g/mol. The van der Waals surface area contributed by atoms with Crippen molar-refractivity contribution in [2.75, 3.05) is 32.7 Å². The maximum absolute atomic E-state index is 12.9. The van der Waals surface area contributed by atoms with Gasteiger partial charge in [0.05, 0.1) is 0 Å². The highest BCUT2D eigenvalue weighted by Crippen LogP contribution is 2.27. The van der Waals surface area contributed by atoms with E-state index in [-0.39, 0.29) is 6.54 Å². The lowest BCUT2D eigenvalue weighted by Crippen LogP contribution is -2.53. The Bertz CT molecular complexity index is 327. The average Bonchev–Trinajstić information content (AvgIpc) is 2.42. The Morgan fingerprint density at radius 3 is 2.25 bits per heavy atom. The van der Waals surface area contributed by atoms with E-state index in [1.54, 1.807) is 4.90 Å². The molecule has 1 fully saturated rings. The number of oxime groups is 1. The molecule has 1 saturated heterocycles. The molecule has 20 heavy (non-hydrogen) atoms. The van der Waals surface area contributed by atoms with Crippen molar-refractivity contribution in [2.45, 2.75) is 32.5 Å². The fraction of sp³-hybridized carbons (Fsp3) is 0.917. The molecule has 8 heteroatoms. The third-order valence-corrected chi connectivity index (χ3v) is 3.93. The predicted octanol–water partition coefficient (Wildman–Crippen LogP) is 1.33. The molecule has 2 atom stereocenters. The van der Waals surface area contributed by atoms with Crippen LogP contribution in [0.5, 0.6) is 0 Å². The Balaban J connectivity index is 2.57. The fourth-order valence-corrected chi connectivity index (χ4v) is 2.34. The van der Waals surface area contributed by atoms with E-state index in [9.17, 15) is 13.2 Å². The molecule has 1 aliphatic rings. The number of hydrogen-bond donors (Lipinski definition) is 2. The van der Waals surface area contributed by atoms with Crippen molar-refractivity contribution in [3.63, 3.8) is 0 Å². The minimum Gasteiger partial charge on any atom is -0.409 e. The molecule has 3 N–H and O–H groups in total. The molecule has 118 valence electrons. The van der Waals surface area contributed by atoms with Crippen LogP contribution in [0.2, 0.25) is 0 Å². The highest BCUT2D eigenvalue weighted by molar-refractivity contribution is 5.83. The Labute approximate surface area is 117 Å². The normalized spacial score (nSPS) is 22.8. The smallest absolute Gasteiger partial charge is 0.400 e. The third-order valence-electron chi connectivity index (χ3n) is 3.93. The van der Waals surface area contributed by atoms with Gasteiger partial charge in [-0.25, -0.2) is 0 Å². The van der Waals surface area contributed by atoms with Crippen LogP contribution in [0, 0.1) is 5.92 Å². The Morgan fingerprint density at radius 1 is 1.30 bits per heavy atom. The molecule has 0 aromatic heterocycles. The lowest BCUT2D eigenvalue weighted by atomic mass is 10.1. The second-order valence-electron chi connectivity index (χ2n) is 5.21. The molecule has 0 aromatic rings. The summed E-state index contributed by atoms with van der Waals surface area (Å²) in [7, 11) is 0. The summed E-state index contributed by atoms with van der Waals surface area (Å²) in [5.41, 5.74) is 5.16. The molecule has 2 unspecified atom stereocenters. The van der Waals surface area contributed by atoms with E-state index < -0.39 is 17.9 Å². The monoisotopic (exact) mass is 296 g/mol. The quantitative estimate of drug-likeness (QED) is 0.348. The molecule has 0 bridgehead atoms. The van der Waals surface area contributed by atoms with Crippen LogP contribution in [0.15, 0.2) is 5.16 Å². The average molecular weight is 296 g/mol. The number of nitrogens with zero attached hydrogens (tertiary/aromatic N) is 3. The lowest BCUT2D eigenvalue weighted by molar-refractivity contribution is -0.161. The molecule has 0 aromatic carbocycles. The zero-order valence-electron chi connectivity index (χ0n) is 11.9. The molecule has 1 heterocycles. The van der Waals surface area contributed by atoms with Crippen LogP contribution in [-0.2, 0) is 0 Å². The summed E-state index contributed by atoms with van der Waals surface area (Å²) in [6.45, 7) is 6.57. The SMILES string of the molecule is CCC(C)N1CCN(CC(C(N)=NO)C(F)(F)F)CC1. The summed E-state index contributed by atoms with van der Waals surface area (Å²) < 4.78 is 38.6. The van der Waals surface area contributed by atoms with Gasteiger partial charge >= 0.3 is 6.18 Å². The second kappa shape index (κ2) is 7.12. The van der Waals surface area contributed by atoms with Crippen LogP contribution in [0.1, 0.15) is 20.3 Å². The van der Waals surface area contributed by atoms with Gasteiger partial charge in [-0.1, -0.05) is 12.1 Å². The molecule has 0 saturated carbocycles. The largest absolute Gasteiger partial charge is 0.409 e. The van der Waals surface area contributed by atoms with E-state index in [2.05, 4.69) is 23.9 Å². The molecular formula is C12H23F3N4O. The summed E-state index contributed by atoms with van der Waals surface area (Å²) in [6, 6.07) is 0.444. The summed E-state index contributed by atoms with van der Waals surface area (Å²) in [4.78, 5) is 3.98. The van der Waals surface area contributed by atoms with Crippen molar-refractivity contribution >= 4 is 5.84 Å². The first kappa shape index (κ1) is 17.0. The van der Waals surface area contributed by atoms with Gasteiger partial charge in [-0.3, -0.25) is 9.80 Å². The number of hydrogen-bond acceptors (Lipinski definition) is 4. The summed E-state index contributed by atoms with van der Waals surface area (Å²) in [6.07, 6.45) is -3.47. The minimum absolute atomic E-state index is 0.256. The summed E-state index contributed by atoms with van der Waals surface area (Å²) >= 11 is 0. The highest BCUT2D eigenvalue weighted by atomic mass is 19.4. The Hall–Kier alpha value is -1.02. The van der Waals surface area contributed by atoms with E-state index in [1.807, 2.05) is 0 Å². The molecule has 5 nitrogen and oxygen atoms in total. The second-order valence-corrected chi connectivity index (χ2v) is 5.21. The van der Waals surface area contributed by atoms with Gasteiger partial charge < -0.3 is 10.9 Å². The fourth-order valence-electron chi connectivity index (χ4n) is 2.34. The zero-order valence-corrected chi connectivity index (χ0v) is 11.9. The van der Waals surface area contributed by atoms with Gasteiger partial charge in [0.2, 0.25) is 0 Å². The van der Waals surface area contributed by atoms with Gasteiger partial charge in [0.25, 0.3) is 0 Å². The molecule has 0 amide bonds. The highest BCUT2D eigenvalue weighted by Gasteiger charge is 2.44. The molecule has 1 aliphatic heterocycles. The van der Waals surface area contributed by atoms with Crippen LogP contribution in [0.25, 0.3) is 0 Å². The van der Waals surface area contributed by atoms with Crippen molar-refractivity contribution < 1.29 is 18.4 Å². The topological polar surface area (TPSA) is 65.1 Å². The summed E-state index contributed by atoms with van der Waals surface area (Å²) in [5, 5.41) is 11.0. The van der Waals surface area contributed by atoms with Gasteiger partial charge in [-0.2, -0.15) is 13.2 Å². The Kier molecular flexibility index (Phi) is 6.07. The van der Waals surface area contributed by atoms with Crippen LogP contribution in [0.4, 0.5) is 13.2 Å². The van der Waals surface area contributed by atoms with Crippen LogP contribution < -0.4 is 5.73 Å². The lowest BCUT2D eigenvalue weighted by Gasteiger charge is -2.39. The number of halogens is 3. The van der Waals surface area contributed by atoms with Gasteiger partial charge in [0, 0.05) is 38.8 Å². The zero-order chi connectivity index (χ0) is 15.3. The first-order valence-corrected chi connectivity index (χ1v) is 6.80. The van der Waals surface area contributed by atoms with E-state index in [1.165, 1.54) is 0 Å². The predicted molar refractivity (Wildman–Crippen MR) is 70.7 cm³/mol. The van der Waals surface area contributed by atoms with Crippen molar-refractivity contribution in [3.8, 4) is 0 Å². The first-order chi connectivity index (χ1) is 9.29. The van der Waals surface area contributed by atoms with E-state index >= 15 is 0 Å². The van der Waals surface area contributed by atoms with Crippen LogP contribution in [0.3, 0.4) is 0 Å². The molecule has 0 spiro atoms. The molecule has 1 rings (SSSR count). The van der Waals surface area contributed by atoms with Crippen molar-refractivity contribution in [1.29, 1.82) is 0 Å². The minimum atomic E-state index is -4.50. The Morgan fingerprint density at radius 2 is 1.85 bits per heavy atom. The maximum Gasteiger partial charge on any atom is 0.400 e. The van der Waals surface area contributed by atoms with Crippen LogP contribution >= 0.6 is 0 Å². The summed E-state index contributed by atoms with van der Waals surface area (Å²) in [5.74, 6) is -2.69. The first-order valence-electron chi connectivity index (χ1n) is 6.80. The van der Waals surface area contributed by atoms with E-state index in [0.29, 0.717) is 19.1 Å². The standard InChI is InChI=1S/C12H23F3N4O/c1-3-9(2)19-6-4-18(5-7-19)8-10(11(16)17-20)12(13,14)15/h9-10,20H,3-8H2,1-2H3,(H2,16,17). The molecule has 0 radical (unpaired) electrons. The molecule has 0 aliphatic carbocycles. The number of rotatable bonds is 5. The van der Waals surface area contributed by atoms with Gasteiger partial charge in [0.15, 0.2) is 5.84 Å². The number of amidine groups is 1. The van der Waals surface area contributed by atoms with Crippen molar-refractivity contribution in [1.82, 2.24) is 9.80 Å². The third kappa shape index (κ3) is 4.52. The van der Waals surface area contributed by atoms with Gasteiger partial charge in [-0.15, -0.1) is 0 Å². The van der Waals surface area contributed by atoms with E-state index in [4.69, 9.17) is 10.9 Å².